The Morgan fingerprint density at radius 2 is 2.08 bits per heavy atom. The average molecular weight is 357 g/mol. The molecule has 2 aromatic carbocycles. The van der Waals surface area contributed by atoms with Crippen LogP contribution in [-0.4, -0.2) is 28.9 Å². The van der Waals surface area contributed by atoms with Crippen LogP contribution in [0.1, 0.15) is 34.1 Å². The maximum Gasteiger partial charge on any atom is 0.253 e. The predicted octanol–water partition coefficient (Wildman–Crippen LogP) is 4.97. The van der Waals surface area contributed by atoms with E-state index in [0.717, 1.165) is 36.5 Å². The summed E-state index contributed by atoms with van der Waals surface area (Å²) >= 11 is 7.76. The lowest BCUT2D eigenvalue weighted by atomic mass is 9.98. The van der Waals surface area contributed by atoms with Gasteiger partial charge in [-0.3, -0.25) is 4.79 Å². The standard InChI is InChI=1S/C19H17ClN2OS/c20-15-7-3-5-13(11-15)19(23)22-10-4-6-14(12-22)18-21-16-8-1-2-9-17(16)24-18/h1-3,5,7-9,11,14H,4,6,10,12H2/t14-/m0/s1. The maximum absolute atomic E-state index is 12.8. The van der Waals surface area contributed by atoms with E-state index in [1.165, 1.54) is 4.70 Å². The lowest BCUT2D eigenvalue weighted by Crippen LogP contribution is -2.39. The number of carbonyl (C=O) groups excluding carboxylic acids is 1. The van der Waals surface area contributed by atoms with Crippen LogP contribution in [-0.2, 0) is 0 Å². The highest BCUT2D eigenvalue weighted by Gasteiger charge is 2.27. The summed E-state index contributed by atoms with van der Waals surface area (Å²) in [6.07, 6.45) is 2.09. The molecule has 1 atom stereocenters. The Kier molecular flexibility index (Phi) is 4.25. The lowest BCUT2D eigenvalue weighted by Gasteiger charge is -2.32. The molecule has 4 rings (SSSR count). The van der Waals surface area contributed by atoms with Crippen molar-refractivity contribution in [1.29, 1.82) is 0 Å². The maximum atomic E-state index is 12.8. The van der Waals surface area contributed by atoms with E-state index in [1.807, 2.05) is 35.2 Å². The van der Waals surface area contributed by atoms with Crippen molar-refractivity contribution in [2.45, 2.75) is 18.8 Å². The zero-order chi connectivity index (χ0) is 16.5. The van der Waals surface area contributed by atoms with E-state index in [0.29, 0.717) is 16.5 Å². The summed E-state index contributed by atoms with van der Waals surface area (Å²) in [7, 11) is 0. The smallest absolute Gasteiger partial charge is 0.253 e. The van der Waals surface area contributed by atoms with Crippen LogP contribution in [0.3, 0.4) is 0 Å². The predicted molar refractivity (Wildman–Crippen MR) is 99.0 cm³/mol. The number of piperidine rings is 1. The van der Waals surface area contributed by atoms with Gasteiger partial charge < -0.3 is 4.90 Å². The van der Waals surface area contributed by atoms with Crippen molar-refractivity contribution in [2.75, 3.05) is 13.1 Å². The van der Waals surface area contributed by atoms with Crippen LogP contribution in [0.15, 0.2) is 48.5 Å². The number of nitrogens with zero attached hydrogens (tertiary/aromatic N) is 2. The molecule has 3 aromatic rings. The van der Waals surface area contributed by atoms with Crippen LogP contribution in [0, 0.1) is 0 Å². The van der Waals surface area contributed by atoms with Gasteiger partial charge in [-0.2, -0.15) is 0 Å². The summed E-state index contributed by atoms with van der Waals surface area (Å²) < 4.78 is 1.21. The molecule has 5 heteroatoms. The molecule has 1 aliphatic rings. The number of aromatic nitrogens is 1. The fourth-order valence-electron chi connectivity index (χ4n) is 3.23. The molecule has 0 saturated carbocycles. The third-order valence-corrected chi connectivity index (χ3v) is 5.87. The number of fused-ring (bicyclic) bond motifs is 1. The van der Waals surface area contributed by atoms with Gasteiger partial charge in [-0.15, -0.1) is 11.3 Å². The monoisotopic (exact) mass is 356 g/mol. The van der Waals surface area contributed by atoms with E-state index >= 15 is 0 Å². The van der Waals surface area contributed by atoms with Crippen LogP contribution >= 0.6 is 22.9 Å². The van der Waals surface area contributed by atoms with Crippen LogP contribution in [0.5, 0.6) is 0 Å². The minimum Gasteiger partial charge on any atom is -0.338 e. The van der Waals surface area contributed by atoms with Gasteiger partial charge in [-0.05, 0) is 43.2 Å². The zero-order valence-electron chi connectivity index (χ0n) is 13.1. The Hall–Kier alpha value is -1.91. The van der Waals surface area contributed by atoms with E-state index in [9.17, 15) is 4.79 Å². The molecule has 24 heavy (non-hydrogen) atoms. The second-order valence-corrected chi connectivity index (χ2v) is 7.62. The third-order valence-electron chi connectivity index (χ3n) is 4.44. The normalized spacial score (nSPS) is 18.0. The van der Waals surface area contributed by atoms with Crippen LogP contribution in [0.25, 0.3) is 10.2 Å². The summed E-state index contributed by atoms with van der Waals surface area (Å²) in [5, 5.41) is 1.74. The molecule has 122 valence electrons. The SMILES string of the molecule is O=C(c1cccc(Cl)c1)N1CCC[C@H](c2nc3ccccc3s2)C1. The summed E-state index contributed by atoms with van der Waals surface area (Å²) in [6, 6.07) is 15.4. The second-order valence-electron chi connectivity index (χ2n) is 6.12. The molecular formula is C19H17ClN2OS. The Bertz CT molecular complexity index is 859. The van der Waals surface area contributed by atoms with Gasteiger partial charge in [-0.25, -0.2) is 4.98 Å². The first-order valence-electron chi connectivity index (χ1n) is 8.11. The topological polar surface area (TPSA) is 33.2 Å². The van der Waals surface area contributed by atoms with Crippen LogP contribution in [0.2, 0.25) is 5.02 Å². The van der Waals surface area contributed by atoms with Gasteiger partial charge in [0.2, 0.25) is 0 Å². The number of likely N-dealkylation sites (tertiary alicyclic amines) is 1. The molecule has 3 nitrogen and oxygen atoms in total. The van der Waals surface area contributed by atoms with Crippen molar-refractivity contribution < 1.29 is 4.79 Å². The van der Waals surface area contributed by atoms with E-state index in [2.05, 4.69) is 6.07 Å². The number of carbonyl (C=O) groups is 1. The van der Waals surface area contributed by atoms with Crippen LogP contribution in [0.4, 0.5) is 0 Å². The highest BCUT2D eigenvalue weighted by atomic mass is 35.5. The summed E-state index contributed by atoms with van der Waals surface area (Å²) in [5.74, 6) is 0.377. The molecule has 0 spiro atoms. The van der Waals surface area contributed by atoms with E-state index in [1.54, 1.807) is 23.5 Å². The number of halogens is 1. The molecule has 1 saturated heterocycles. The van der Waals surface area contributed by atoms with Crippen molar-refractivity contribution in [3.8, 4) is 0 Å². The number of rotatable bonds is 2. The number of hydrogen-bond acceptors (Lipinski definition) is 3. The lowest BCUT2D eigenvalue weighted by molar-refractivity contribution is 0.0707. The minimum atomic E-state index is 0.0586. The molecule has 1 fully saturated rings. The molecule has 1 amide bonds. The van der Waals surface area contributed by atoms with Crippen molar-refractivity contribution in [3.05, 3.63) is 64.1 Å². The molecule has 1 aromatic heterocycles. The molecule has 1 aliphatic heterocycles. The highest BCUT2D eigenvalue weighted by molar-refractivity contribution is 7.18. The van der Waals surface area contributed by atoms with Crippen molar-refractivity contribution in [2.24, 2.45) is 0 Å². The number of thiazole rings is 1. The zero-order valence-corrected chi connectivity index (χ0v) is 14.7. The average Bonchev–Trinajstić information content (AvgIpc) is 3.05. The highest BCUT2D eigenvalue weighted by Crippen LogP contribution is 2.33. The fraction of sp³-hybridized carbons (Fsp3) is 0.263. The number of amides is 1. The Balaban J connectivity index is 1.56. The van der Waals surface area contributed by atoms with Crippen molar-refractivity contribution in [3.63, 3.8) is 0 Å². The van der Waals surface area contributed by atoms with Gasteiger partial charge in [0.1, 0.15) is 0 Å². The largest absolute Gasteiger partial charge is 0.338 e. The van der Waals surface area contributed by atoms with E-state index in [4.69, 9.17) is 16.6 Å². The summed E-state index contributed by atoms with van der Waals surface area (Å²) in [6.45, 7) is 1.53. The first-order valence-corrected chi connectivity index (χ1v) is 9.30. The molecule has 2 heterocycles. The molecule has 0 aliphatic carbocycles. The van der Waals surface area contributed by atoms with Gasteiger partial charge in [0, 0.05) is 29.6 Å². The molecule has 0 bridgehead atoms. The van der Waals surface area contributed by atoms with Gasteiger partial charge >= 0.3 is 0 Å². The first-order chi connectivity index (χ1) is 11.7. The molecule has 0 N–H and O–H groups in total. The van der Waals surface area contributed by atoms with Gasteiger partial charge in [0.25, 0.3) is 5.91 Å². The van der Waals surface area contributed by atoms with E-state index < -0.39 is 0 Å². The van der Waals surface area contributed by atoms with Gasteiger partial charge in [0.15, 0.2) is 0 Å². The number of para-hydroxylation sites is 1. The first kappa shape index (κ1) is 15.6. The Morgan fingerprint density at radius 3 is 2.92 bits per heavy atom. The van der Waals surface area contributed by atoms with E-state index in [-0.39, 0.29) is 5.91 Å². The number of benzene rings is 2. The van der Waals surface area contributed by atoms with Gasteiger partial charge in [-0.1, -0.05) is 29.8 Å². The second kappa shape index (κ2) is 6.54. The fourth-order valence-corrected chi connectivity index (χ4v) is 4.52. The Labute approximate surface area is 149 Å². The molecule has 0 radical (unpaired) electrons. The summed E-state index contributed by atoms with van der Waals surface area (Å²) in [5.41, 5.74) is 1.71. The number of hydrogen-bond donors (Lipinski definition) is 0. The van der Waals surface area contributed by atoms with Gasteiger partial charge in [0.05, 0.1) is 15.2 Å². The van der Waals surface area contributed by atoms with Crippen molar-refractivity contribution >= 4 is 39.1 Å². The van der Waals surface area contributed by atoms with Crippen molar-refractivity contribution in [1.82, 2.24) is 9.88 Å². The minimum absolute atomic E-state index is 0.0586. The molecular weight excluding hydrogens is 340 g/mol. The quantitative estimate of drug-likeness (QED) is 0.649. The Morgan fingerprint density at radius 1 is 1.21 bits per heavy atom. The molecule has 0 unspecified atom stereocenters. The third kappa shape index (κ3) is 3.04. The van der Waals surface area contributed by atoms with Crippen LogP contribution < -0.4 is 0 Å². The summed E-state index contributed by atoms with van der Waals surface area (Å²) in [4.78, 5) is 19.5.